The fourth-order valence-electron chi connectivity index (χ4n) is 2.85. The molecule has 0 saturated carbocycles. The van der Waals surface area contributed by atoms with Crippen molar-refractivity contribution < 1.29 is 4.74 Å². The molecule has 0 unspecified atom stereocenters. The van der Waals surface area contributed by atoms with Crippen LogP contribution in [0, 0.1) is 0 Å². The fourth-order valence-corrected chi connectivity index (χ4v) is 2.85. The first-order chi connectivity index (χ1) is 10.8. The number of rotatable bonds is 2. The van der Waals surface area contributed by atoms with Gasteiger partial charge in [-0.15, -0.1) is 0 Å². The molecule has 1 aliphatic heterocycles. The van der Waals surface area contributed by atoms with Gasteiger partial charge in [0.15, 0.2) is 0 Å². The molecule has 1 saturated heterocycles. The lowest BCUT2D eigenvalue weighted by molar-refractivity contribution is 0.122. The zero-order valence-electron chi connectivity index (χ0n) is 12.1. The number of nitrogens with one attached hydrogen (secondary N) is 1. The van der Waals surface area contributed by atoms with Crippen LogP contribution in [0.4, 0.5) is 11.8 Å². The molecule has 0 amide bonds. The minimum absolute atomic E-state index is 0.298. The summed E-state index contributed by atoms with van der Waals surface area (Å²) in [5.41, 5.74) is 8.92. The second-order valence-electron chi connectivity index (χ2n) is 5.31. The molecule has 6 heteroatoms. The molecule has 0 aliphatic carbocycles. The van der Waals surface area contributed by atoms with E-state index >= 15 is 0 Å². The maximum Gasteiger partial charge on any atom is 0.222 e. The van der Waals surface area contributed by atoms with Gasteiger partial charge in [-0.1, -0.05) is 12.1 Å². The number of aromatic nitrogens is 3. The number of anilines is 2. The third-order valence-electron chi connectivity index (χ3n) is 3.94. The van der Waals surface area contributed by atoms with E-state index in [2.05, 4.69) is 32.0 Å². The van der Waals surface area contributed by atoms with Gasteiger partial charge in [0.1, 0.15) is 5.82 Å². The van der Waals surface area contributed by atoms with Crippen molar-refractivity contribution in [2.45, 2.75) is 0 Å². The smallest absolute Gasteiger partial charge is 0.222 e. The van der Waals surface area contributed by atoms with Crippen LogP contribution in [0.1, 0.15) is 0 Å². The standard InChI is InChI=1S/C16H17N5O/c17-16-19-14(10-15(20-16)21-6-8-22-9-7-21)11-2-1-3-13-12(11)4-5-18-13/h1-5,10,18H,6-9H2,(H2,17,19,20). The summed E-state index contributed by atoms with van der Waals surface area (Å²) in [6.45, 7) is 3.08. The van der Waals surface area contributed by atoms with E-state index in [0.29, 0.717) is 19.2 Å². The molecule has 1 aromatic carbocycles. The summed E-state index contributed by atoms with van der Waals surface area (Å²) >= 11 is 0. The van der Waals surface area contributed by atoms with Crippen molar-refractivity contribution >= 4 is 22.7 Å². The first-order valence-electron chi connectivity index (χ1n) is 7.35. The second-order valence-corrected chi connectivity index (χ2v) is 5.31. The molecule has 0 bridgehead atoms. The monoisotopic (exact) mass is 295 g/mol. The molecular weight excluding hydrogens is 278 g/mol. The Hall–Kier alpha value is -2.60. The summed E-state index contributed by atoms with van der Waals surface area (Å²) < 4.78 is 5.39. The van der Waals surface area contributed by atoms with E-state index in [4.69, 9.17) is 10.5 Å². The minimum atomic E-state index is 0.298. The summed E-state index contributed by atoms with van der Waals surface area (Å²) in [7, 11) is 0. The average molecular weight is 295 g/mol. The van der Waals surface area contributed by atoms with Crippen LogP contribution in [0.5, 0.6) is 0 Å². The van der Waals surface area contributed by atoms with E-state index in [1.807, 2.05) is 24.4 Å². The Bertz CT molecular complexity index is 807. The Labute approximate surface area is 127 Å². The number of nitrogen functional groups attached to an aromatic ring is 1. The summed E-state index contributed by atoms with van der Waals surface area (Å²) in [5, 5.41) is 1.13. The highest BCUT2D eigenvalue weighted by Gasteiger charge is 2.15. The van der Waals surface area contributed by atoms with Gasteiger partial charge in [0.2, 0.25) is 5.95 Å². The van der Waals surface area contributed by atoms with Crippen molar-refractivity contribution in [2.24, 2.45) is 0 Å². The Morgan fingerprint density at radius 3 is 2.86 bits per heavy atom. The van der Waals surface area contributed by atoms with Gasteiger partial charge in [-0.05, 0) is 12.1 Å². The molecule has 2 aromatic heterocycles. The highest BCUT2D eigenvalue weighted by molar-refractivity contribution is 5.94. The normalized spacial score (nSPS) is 15.4. The fraction of sp³-hybridized carbons (Fsp3) is 0.250. The summed E-state index contributed by atoms with van der Waals surface area (Å²) in [6, 6.07) is 10.2. The van der Waals surface area contributed by atoms with Crippen LogP contribution in [-0.4, -0.2) is 41.3 Å². The molecule has 1 aliphatic rings. The van der Waals surface area contributed by atoms with E-state index in [1.165, 1.54) is 0 Å². The quantitative estimate of drug-likeness (QED) is 0.756. The number of hydrogen-bond acceptors (Lipinski definition) is 5. The van der Waals surface area contributed by atoms with Crippen LogP contribution in [0.25, 0.3) is 22.2 Å². The first kappa shape index (κ1) is 13.1. The average Bonchev–Trinajstić information content (AvgIpc) is 3.03. The maximum atomic E-state index is 5.93. The van der Waals surface area contributed by atoms with Gasteiger partial charge in [0.25, 0.3) is 0 Å². The van der Waals surface area contributed by atoms with E-state index in [0.717, 1.165) is 41.1 Å². The number of morpholine rings is 1. The van der Waals surface area contributed by atoms with E-state index in [1.54, 1.807) is 0 Å². The summed E-state index contributed by atoms with van der Waals surface area (Å²) in [6.07, 6.45) is 1.93. The molecule has 22 heavy (non-hydrogen) atoms. The zero-order valence-corrected chi connectivity index (χ0v) is 12.1. The van der Waals surface area contributed by atoms with Crippen LogP contribution >= 0.6 is 0 Å². The number of aromatic amines is 1. The Morgan fingerprint density at radius 2 is 2.00 bits per heavy atom. The number of nitrogens with zero attached hydrogens (tertiary/aromatic N) is 3. The number of hydrogen-bond donors (Lipinski definition) is 2. The van der Waals surface area contributed by atoms with E-state index in [9.17, 15) is 0 Å². The predicted octanol–water partition coefficient (Wildman–Crippen LogP) is 2.04. The van der Waals surface area contributed by atoms with Crippen molar-refractivity contribution in [3.05, 3.63) is 36.5 Å². The lowest BCUT2D eigenvalue weighted by Gasteiger charge is -2.28. The molecule has 0 radical (unpaired) electrons. The molecule has 3 aromatic rings. The Balaban J connectivity index is 1.81. The van der Waals surface area contributed by atoms with E-state index in [-0.39, 0.29) is 0 Å². The number of H-pyrrole nitrogens is 1. The SMILES string of the molecule is Nc1nc(-c2cccc3[nH]ccc23)cc(N2CCOCC2)n1. The molecule has 0 spiro atoms. The van der Waals surface area contributed by atoms with Crippen LogP contribution in [0.2, 0.25) is 0 Å². The molecule has 0 atom stereocenters. The predicted molar refractivity (Wildman–Crippen MR) is 86.8 cm³/mol. The van der Waals surface area contributed by atoms with Crippen LogP contribution in [0.15, 0.2) is 36.5 Å². The number of fused-ring (bicyclic) bond motifs is 1. The van der Waals surface area contributed by atoms with Gasteiger partial charge in [0.05, 0.1) is 18.9 Å². The van der Waals surface area contributed by atoms with Crippen molar-refractivity contribution in [1.29, 1.82) is 0 Å². The number of nitrogens with two attached hydrogens (primary N) is 1. The van der Waals surface area contributed by atoms with Crippen molar-refractivity contribution in [1.82, 2.24) is 15.0 Å². The maximum absolute atomic E-state index is 5.93. The topological polar surface area (TPSA) is 80.1 Å². The molecule has 3 heterocycles. The third-order valence-corrected chi connectivity index (χ3v) is 3.94. The molecule has 3 N–H and O–H groups in total. The molecule has 112 valence electrons. The number of ether oxygens (including phenoxy) is 1. The van der Waals surface area contributed by atoms with Crippen LogP contribution in [0.3, 0.4) is 0 Å². The largest absolute Gasteiger partial charge is 0.378 e. The van der Waals surface area contributed by atoms with Crippen LogP contribution in [-0.2, 0) is 4.74 Å². The van der Waals surface area contributed by atoms with Gasteiger partial charge in [0, 0.05) is 41.8 Å². The molecule has 6 nitrogen and oxygen atoms in total. The first-order valence-corrected chi connectivity index (χ1v) is 7.35. The lowest BCUT2D eigenvalue weighted by Crippen LogP contribution is -2.36. The zero-order chi connectivity index (χ0) is 14.9. The lowest BCUT2D eigenvalue weighted by atomic mass is 10.1. The van der Waals surface area contributed by atoms with Gasteiger partial charge in [-0.25, -0.2) is 4.98 Å². The molecule has 1 fully saturated rings. The molecule has 4 rings (SSSR count). The van der Waals surface area contributed by atoms with Gasteiger partial charge in [-0.2, -0.15) is 4.98 Å². The Morgan fingerprint density at radius 1 is 1.14 bits per heavy atom. The van der Waals surface area contributed by atoms with E-state index < -0.39 is 0 Å². The molecular formula is C16H17N5O. The Kier molecular flexibility index (Phi) is 3.16. The van der Waals surface area contributed by atoms with Crippen molar-refractivity contribution in [3.63, 3.8) is 0 Å². The number of benzene rings is 1. The summed E-state index contributed by atoms with van der Waals surface area (Å²) in [4.78, 5) is 14.2. The highest BCUT2D eigenvalue weighted by Crippen LogP contribution is 2.29. The van der Waals surface area contributed by atoms with Gasteiger partial charge in [-0.3, -0.25) is 0 Å². The summed E-state index contributed by atoms with van der Waals surface area (Å²) in [5.74, 6) is 1.16. The highest BCUT2D eigenvalue weighted by atomic mass is 16.5. The van der Waals surface area contributed by atoms with Crippen molar-refractivity contribution in [3.8, 4) is 11.3 Å². The van der Waals surface area contributed by atoms with Crippen LogP contribution < -0.4 is 10.6 Å². The van der Waals surface area contributed by atoms with Gasteiger partial charge < -0.3 is 20.4 Å². The second kappa shape index (κ2) is 5.31. The van der Waals surface area contributed by atoms with Crippen molar-refractivity contribution in [2.75, 3.05) is 36.9 Å². The van der Waals surface area contributed by atoms with Gasteiger partial charge >= 0.3 is 0 Å². The third kappa shape index (κ3) is 2.27. The minimum Gasteiger partial charge on any atom is -0.378 e.